The molecule has 3 N–H and O–H groups in total. The van der Waals surface area contributed by atoms with Crippen LogP contribution in [0.15, 0.2) is 76.9 Å². The number of pyridine rings is 1. The molecule has 3 aromatic carbocycles. The lowest BCUT2D eigenvalue weighted by Gasteiger charge is -2.42. The number of aliphatic hydroxyl groups is 1. The molecule has 5 fully saturated rings. The summed E-state index contributed by atoms with van der Waals surface area (Å²) in [6.45, 7) is 17.1. The molecule has 92 heavy (non-hydrogen) atoms. The Bertz CT molecular complexity index is 3860. The Balaban J connectivity index is 0.710. The molecule has 24 heteroatoms. The second-order valence-corrected chi connectivity index (χ2v) is 27.3. The van der Waals surface area contributed by atoms with Crippen molar-refractivity contribution < 1.29 is 56.9 Å². The van der Waals surface area contributed by atoms with Crippen LogP contribution in [0.25, 0.3) is 43.4 Å². The number of fused-ring (bicyclic) bond motifs is 5. The average molecular weight is 1280 g/mol. The maximum Gasteiger partial charge on any atom is 0.410 e. The maximum absolute atomic E-state index is 17.9. The number of β-amino-alcohol motifs (C(OH)–C–C–N with tert-alkyl or cyclic N) is 1. The van der Waals surface area contributed by atoms with E-state index < -0.39 is 41.1 Å². The van der Waals surface area contributed by atoms with Crippen molar-refractivity contribution in [1.29, 1.82) is 0 Å². The number of amides is 4. The number of nitrogens with one attached hydrogen (secondary N) is 2. The van der Waals surface area contributed by atoms with Gasteiger partial charge >= 0.3 is 18.2 Å². The van der Waals surface area contributed by atoms with Gasteiger partial charge in [0.15, 0.2) is 12.6 Å². The van der Waals surface area contributed by atoms with Gasteiger partial charge in [0.2, 0.25) is 11.8 Å². The molecule has 4 aromatic heterocycles. The minimum atomic E-state index is -0.904. The number of rotatable bonds is 20. The van der Waals surface area contributed by atoms with Crippen molar-refractivity contribution >= 4 is 62.8 Å². The van der Waals surface area contributed by atoms with Crippen molar-refractivity contribution in [2.45, 2.75) is 167 Å². The summed E-state index contributed by atoms with van der Waals surface area (Å²) in [5.74, 6) is -1.24. The van der Waals surface area contributed by atoms with Crippen LogP contribution in [0, 0.1) is 18.7 Å². The van der Waals surface area contributed by atoms with Crippen molar-refractivity contribution in [1.82, 2.24) is 50.4 Å². The molecule has 8 atom stereocenters. The molecule has 5 saturated heterocycles. The van der Waals surface area contributed by atoms with E-state index in [1.165, 1.54) is 4.90 Å². The van der Waals surface area contributed by atoms with Crippen LogP contribution in [0.1, 0.15) is 134 Å². The number of benzene rings is 3. The van der Waals surface area contributed by atoms with E-state index in [-0.39, 0.29) is 110 Å². The van der Waals surface area contributed by atoms with Crippen LogP contribution in [0.2, 0.25) is 0 Å². The quantitative estimate of drug-likeness (QED) is 0.0600. The van der Waals surface area contributed by atoms with Crippen molar-refractivity contribution in [3.63, 3.8) is 0 Å². The Morgan fingerprint density at radius 2 is 1.74 bits per heavy atom. The molecule has 488 valence electrons. The number of halogens is 1. The molecule has 4 amide bonds. The summed E-state index contributed by atoms with van der Waals surface area (Å²) in [4.78, 5) is 83.3. The van der Waals surface area contributed by atoms with Crippen molar-refractivity contribution in [2.24, 2.45) is 5.92 Å². The van der Waals surface area contributed by atoms with Crippen molar-refractivity contribution in [2.75, 3.05) is 58.2 Å². The van der Waals surface area contributed by atoms with Gasteiger partial charge in [0.05, 0.1) is 57.8 Å². The van der Waals surface area contributed by atoms with Gasteiger partial charge < -0.3 is 53.7 Å². The Hall–Kier alpha value is -8.06. The summed E-state index contributed by atoms with van der Waals surface area (Å²) >= 11 is 1.57. The lowest BCUT2D eigenvalue weighted by atomic mass is 9.91. The predicted molar refractivity (Wildman–Crippen MR) is 344 cm³/mol. The Kier molecular flexibility index (Phi) is 18.5. The van der Waals surface area contributed by atoms with Gasteiger partial charge in [0.25, 0.3) is 0 Å². The second-order valence-electron chi connectivity index (χ2n) is 26.5. The van der Waals surface area contributed by atoms with Crippen LogP contribution in [-0.2, 0) is 36.8 Å². The summed E-state index contributed by atoms with van der Waals surface area (Å²) in [5, 5.41) is 23.0. The van der Waals surface area contributed by atoms with Crippen LogP contribution >= 0.6 is 11.3 Å². The number of hydrogen-bond donors (Lipinski definition) is 3. The lowest BCUT2D eigenvalue weighted by molar-refractivity contribution is -0.141. The molecule has 0 saturated carbocycles. The van der Waals surface area contributed by atoms with Crippen LogP contribution in [0.3, 0.4) is 0 Å². The summed E-state index contributed by atoms with van der Waals surface area (Å²) in [5.41, 5.74) is 5.69. The van der Waals surface area contributed by atoms with Crippen LogP contribution in [0.4, 0.5) is 19.8 Å². The third-order valence-corrected chi connectivity index (χ3v) is 19.8. The first-order chi connectivity index (χ1) is 44.2. The highest BCUT2D eigenvalue weighted by atomic mass is 32.1. The SMILES string of the molecule is CCc1cccc2cc(OCOC)cc(-c3ncc4c(N5CC6CCC(C5)N6C(=O)OC(C)(C)C)nc(OC[C@@]56CCCN5[C@H](COC(=O)NCc5cc([C@@H](C(=O)N7C[C@H](O)C[C@H]7C(=O)N[C@@H](C)c7ccc(-c8scnc8C)cc7)C(C)C)on5)CC6)nc4c3F)c12. The smallest absolute Gasteiger partial charge is 0.410 e. The fraction of sp³-hybridized carbons (Fsp3) is 0.515. The van der Waals surface area contributed by atoms with Crippen LogP contribution < -0.4 is 25.0 Å². The monoisotopic (exact) mass is 1280 g/mol. The van der Waals surface area contributed by atoms with Gasteiger partial charge in [-0.2, -0.15) is 9.97 Å². The largest absolute Gasteiger partial charge is 0.468 e. The summed E-state index contributed by atoms with van der Waals surface area (Å²) in [7, 11) is 1.54. The number of aryl methyl sites for hydroxylation is 2. The number of alkyl carbamates (subject to hydrolysis) is 1. The van der Waals surface area contributed by atoms with E-state index in [4.69, 9.17) is 43.2 Å². The van der Waals surface area contributed by atoms with E-state index in [1.807, 2.05) is 107 Å². The molecule has 2 bridgehead atoms. The number of carbonyl (C=O) groups excluding carboxylic acids is 4. The first kappa shape index (κ1) is 64.1. The summed E-state index contributed by atoms with van der Waals surface area (Å²) in [6.07, 6.45) is 5.25. The average Bonchev–Trinajstić information content (AvgIpc) is 1.04. The molecular weight excluding hydrogens is 1200 g/mol. The van der Waals surface area contributed by atoms with E-state index in [9.17, 15) is 24.3 Å². The van der Waals surface area contributed by atoms with Gasteiger partial charge in [-0.05, 0) is 132 Å². The number of thiazole rings is 1. The molecule has 12 rings (SSSR count). The highest BCUT2D eigenvalue weighted by molar-refractivity contribution is 7.13. The normalized spacial score (nSPS) is 22.1. The molecule has 22 nitrogen and oxygen atoms in total. The Labute approximate surface area is 538 Å². The van der Waals surface area contributed by atoms with E-state index in [1.54, 1.807) is 36.8 Å². The zero-order valence-electron chi connectivity index (χ0n) is 53.7. The number of aliphatic hydroxyl groups excluding tert-OH is 1. The highest BCUT2D eigenvalue weighted by Gasteiger charge is 2.51. The van der Waals surface area contributed by atoms with Gasteiger partial charge in [0.1, 0.15) is 65.0 Å². The third-order valence-electron chi connectivity index (χ3n) is 18.8. The maximum atomic E-state index is 17.9. The predicted octanol–water partition coefficient (Wildman–Crippen LogP) is 10.4. The topological polar surface area (TPSA) is 249 Å². The van der Waals surface area contributed by atoms with Gasteiger partial charge in [0, 0.05) is 57.0 Å². The zero-order chi connectivity index (χ0) is 64.8. The molecular formula is C68H82FN11O11S. The van der Waals surface area contributed by atoms with E-state index in [2.05, 4.69) is 37.5 Å². The first-order valence-electron chi connectivity index (χ1n) is 32.0. The molecule has 2 unspecified atom stereocenters. The number of aromatic nitrogens is 5. The van der Waals surface area contributed by atoms with Gasteiger partial charge in [-0.3, -0.25) is 24.4 Å². The fourth-order valence-electron chi connectivity index (χ4n) is 14.4. The number of ether oxygens (including phenoxy) is 5. The molecule has 7 aromatic rings. The van der Waals surface area contributed by atoms with Crippen LogP contribution in [0.5, 0.6) is 11.8 Å². The zero-order valence-corrected chi connectivity index (χ0v) is 54.5. The summed E-state index contributed by atoms with van der Waals surface area (Å²) < 4.78 is 53.3. The minimum Gasteiger partial charge on any atom is -0.468 e. The number of hydrogen-bond acceptors (Lipinski definition) is 19. The number of anilines is 1. The second kappa shape index (κ2) is 26.5. The molecule has 0 spiro atoms. The fourth-order valence-corrected chi connectivity index (χ4v) is 15.2. The van der Waals surface area contributed by atoms with E-state index in [0.29, 0.717) is 47.7 Å². The number of piperazine rings is 1. The molecule has 0 radical (unpaired) electrons. The summed E-state index contributed by atoms with van der Waals surface area (Å²) in [6, 6.07) is 17.6. The van der Waals surface area contributed by atoms with E-state index in [0.717, 1.165) is 83.1 Å². The molecule has 5 aliphatic rings. The Morgan fingerprint density at radius 1 is 0.957 bits per heavy atom. The number of carbonyl (C=O) groups is 4. The number of likely N-dealkylation sites (tertiary alicyclic amines) is 1. The standard InChI is InChI=1S/C68H82FN11O11S/c1-10-41-13-11-14-44-25-50(89-37-86-9)28-51(56(41)44)58-57(69)59-52(30-70-58)61(77-31-46-19-20-47(32-77)80(46)66(85)90-67(6,7)8)75-64(74-59)88-35-68-22-12-24-79(68)48(21-23-68)34-87-65(84)71-29-45-26-54(91-76-45)55(38(2)3)63(83)78-33-49(81)27-53(78)62(82)73-39(4)42-15-17-43(18-16-42)60-40(5)72-36-92-60/h11,13-18,25-26,28,30,36,38-39,46-49,53,55,81H,10,12,19-24,27,29,31-35,37H2,1-9H3,(H,71,84)(H,73,82)/t39-,46?,47?,48-,49+,53-,55-,68-/m0/s1. The third kappa shape index (κ3) is 13.0. The van der Waals surface area contributed by atoms with Gasteiger partial charge in [-0.15, -0.1) is 11.3 Å². The van der Waals surface area contributed by atoms with Crippen LogP contribution in [-0.4, -0.2) is 164 Å². The number of methoxy groups -OCH3 is 1. The lowest BCUT2D eigenvalue weighted by Crippen LogP contribution is -2.57. The van der Waals surface area contributed by atoms with Crippen molar-refractivity contribution in [3.8, 4) is 33.5 Å². The van der Waals surface area contributed by atoms with Gasteiger partial charge in [-0.1, -0.05) is 68.4 Å². The van der Waals surface area contributed by atoms with Crippen molar-refractivity contribution in [3.05, 3.63) is 106 Å². The van der Waals surface area contributed by atoms with Gasteiger partial charge in [-0.25, -0.2) is 19.0 Å². The highest BCUT2D eigenvalue weighted by Crippen LogP contribution is 2.45. The molecule has 5 aliphatic heterocycles. The minimum absolute atomic E-state index is 0.000177. The molecule has 9 heterocycles. The van der Waals surface area contributed by atoms with E-state index >= 15 is 4.39 Å². The Morgan fingerprint density at radius 3 is 2.46 bits per heavy atom. The first-order valence-corrected chi connectivity index (χ1v) is 32.9. The number of nitrogens with zero attached hydrogens (tertiary/aromatic N) is 9. The molecule has 0 aliphatic carbocycles.